The molecule has 0 saturated heterocycles. The van der Waals surface area contributed by atoms with Crippen LogP contribution in [0.2, 0.25) is 0 Å². The van der Waals surface area contributed by atoms with E-state index in [1.54, 1.807) is 0 Å². The highest BCUT2D eigenvalue weighted by Crippen LogP contribution is 2.38. The van der Waals surface area contributed by atoms with Crippen molar-refractivity contribution in [2.45, 2.75) is 315 Å². The maximum absolute atomic E-state index is 13.5. The van der Waals surface area contributed by atoms with E-state index in [-0.39, 0.29) is 31.5 Å². The molecule has 0 aromatic heterocycles. The molecule has 10 heteroatoms. The lowest BCUT2D eigenvalue weighted by Gasteiger charge is -2.30. The van der Waals surface area contributed by atoms with Crippen molar-refractivity contribution in [3.63, 3.8) is 0 Å². The number of likely N-dealkylation sites (N-methyl/N-ethyl adjacent to an activating group) is 1. The van der Waals surface area contributed by atoms with Crippen molar-refractivity contribution in [3.05, 3.63) is 12.2 Å². The van der Waals surface area contributed by atoms with Gasteiger partial charge in [0.15, 0.2) is 0 Å². The van der Waals surface area contributed by atoms with Gasteiger partial charge in [0.1, 0.15) is 19.3 Å². The van der Waals surface area contributed by atoms with E-state index in [1.807, 2.05) is 33.3 Å². The van der Waals surface area contributed by atoms with Gasteiger partial charge in [-0.15, -0.1) is 0 Å². The van der Waals surface area contributed by atoms with Crippen LogP contribution in [0.5, 0.6) is 0 Å². The number of ether oxygens (including phenoxy) is 1. The number of nitrogens with one attached hydrogen (secondary N) is 1. The summed E-state index contributed by atoms with van der Waals surface area (Å²) in [5, 5.41) is 3.03. The Balaban J connectivity index is 5.26. The second kappa shape index (κ2) is 50.3. The van der Waals surface area contributed by atoms with E-state index in [0.717, 1.165) is 57.8 Å². The van der Waals surface area contributed by atoms with Gasteiger partial charge in [0.25, 0.3) is 7.82 Å². The van der Waals surface area contributed by atoms with E-state index in [4.69, 9.17) is 13.8 Å². The minimum absolute atomic E-state index is 0.0169. The molecule has 69 heavy (non-hydrogen) atoms. The molecule has 0 fully saturated rings. The average molecular weight is 998 g/mol. The zero-order valence-corrected chi connectivity index (χ0v) is 47.7. The molecule has 0 aliphatic heterocycles. The van der Waals surface area contributed by atoms with E-state index in [2.05, 4.69) is 26.1 Å². The number of carbonyl (C=O) groups is 2. The van der Waals surface area contributed by atoms with Crippen molar-refractivity contribution in [1.82, 2.24) is 5.32 Å². The summed E-state index contributed by atoms with van der Waals surface area (Å²) >= 11 is 0. The molecule has 9 nitrogen and oxygen atoms in total. The molecule has 0 heterocycles. The molecule has 3 atom stereocenters. The molecule has 0 aromatic rings. The highest BCUT2D eigenvalue weighted by molar-refractivity contribution is 7.45. The summed E-state index contributed by atoms with van der Waals surface area (Å²) in [6.07, 6.45) is 55.9. The zero-order chi connectivity index (χ0) is 50.8. The molecule has 0 radical (unpaired) electrons. The summed E-state index contributed by atoms with van der Waals surface area (Å²) in [5.74, 6) is -0.521. The third-order valence-electron chi connectivity index (χ3n) is 13.7. The van der Waals surface area contributed by atoms with Crippen LogP contribution < -0.4 is 10.2 Å². The molecule has 1 N–H and O–H groups in total. The van der Waals surface area contributed by atoms with Crippen LogP contribution in [0, 0.1) is 0 Å². The van der Waals surface area contributed by atoms with Crippen molar-refractivity contribution in [3.8, 4) is 0 Å². The number of hydrogen-bond donors (Lipinski definition) is 1. The number of allylic oxidation sites excluding steroid dienone is 1. The van der Waals surface area contributed by atoms with Gasteiger partial charge in [-0.05, 0) is 31.8 Å². The fourth-order valence-corrected chi connectivity index (χ4v) is 9.78. The van der Waals surface area contributed by atoms with Crippen molar-refractivity contribution in [2.75, 3.05) is 40.9 Å². The molecular weight excluding hydrogens is 880 g/mol. The molecule has 1 amide bonds. The molecule has 0 saturated carbocycles. The standard InChI is InChI=1S/C59H117N2O7P/c1-7-10-13-16-19-22-25-28-30-31-32-34-37-40-43-46-49-52-59(63)68-57(50-47-44-41-38-35-27-24-21-18-15-12-9-3)56(55-67-69(64,65)66-54-53-61(4,5)6)60-58(62)51-48-45-42-39-36-33-29-26-23-20-17-14-11-8-2/h47,50,56-57H,7-46,48-49,51-55H2,1-6H3,(H-,60,62,64,65)/b50-47+. The molecule has 0 spiro atoms. The number of hydrogen-bond acceptors (Lipinski definition) is 7. The third kappa shape index (κ3) is 51.5. The topological polar surface area (TPSA) is 114 Å². The number of unbranched alkanes of at least 4 members (excludes halogenated alkanes) is 39. The van der Waals surface area contributed by atoms with Crippen LogP contribution >= 0.6 is 7.82 Å². The van der Waals surface area contributed by atoms with Gasteiger partial charge >= 0.3 is 5.97 Å². The molecule has 0 bridgehead atoms. The van der Waals surface area contributed by atoms with Crippen LogP contribution in [0.3, 0.4) is 0 Å². The Morgan fingerprint density at radius 2 is 0.826 bits per heavy atom. The predicted octanol–water partition coefficient (Wildman–Crippen LogP) is 17.4. The van der Waals surface area contributed by atoms with E-state index < -0.39 is 20.0 Å². The van der Waals surface area contributed by atoms with E-state index in [0.29, 0.717) is 17.4 Å². The van der Waals surface area contributed by atoms with Gasteiger partial charge in [-0.25, -0.2) is 0 Å². The number of amides is 1. The maximum atomic E-state index is 13.5. The van der Waals surface area contributed by atoms with Crippen molar-refractivity contribution >= 4 is 19.7 Å². The Morgan fingerprint density at radius 3 is 1.19 bits per heavy atom. The molecule has 3 unspecified atom stereocenters. The smallest absolute Gasteiger partial charge is 0.306 e. The lowest BCUT2D eigenvalue weighted by Crippen LogP contribution is -2.47. The molecule has 0 rings (SSSR count). The van der Waals surface area contributed by atoms with Gasteiger partial charge in [-0.1, -0.05) is 271 Å². The quantitative estimate of drug-likeness (QED) is 0.0212. The van der Waals surface area contributed by atoms with Gasteiger partial charge in [-0.3, -0.25) is 14.2 Å². The number of phosphoric acid groups is 1. The van der Waals surface area contributed by atoms with Crippen LogP contribution in [-0.2, 0) is 27.9 Å². The van der Waals surface area contributed by atoms with Crippen LogP contribution in [0.1, 0.15) is 303 Å². The molecule has 410 valence electrons. The lowest BCUT2D eigenvalue weighted by molar-refractivity contribution is -0.870. The van der Waals surface area contributed by atoms with Crippen LogP contribution in [0.15, 0.2) is 12.2 Å². The average Bonchev–Trinajstić information content (AvgIpc) is 3.31. The Morgan fingerprint density at radius 1 is 0.493 bits per heavy atom. The van der Waals surface area contributed by atoms with Crippen molar-refractivity contribution in [1.29, 1.82) is 0 Å². The largest absolute Gasteiger partial charge is 0.756 e. The van der Waals surface area contributed by atoms with E-state index in [1.165, 1.54) is 212 Å². The molecule has 0 aromatic carbocycles. The summed E-state index contributed by atoms with van der Waals surface area (Å²) in [4.78, 5) is 39.9. The normalized spacial score (nSPS) is 13.8. The number of nitrogens with zero attached hydrogens (tertiary/aromatic N) is 1. The van der Waals surface area contributed by atoms with Crippen LogP contribution in [0.4, 0.5) is 0 Å². The Hall–Kier alpha value is -1.25. The fourth-order valence-electron chi connectivity index (χ4n) is 9.05. The van der Waals surface area contributed by atoms with E-state index in [9.17, 15) is 19.0 Å². The minimum atomic E-state index is -4.68. The number of esters is 1. The van der Waals surface area contributed by atoms with Crippen LogP contribution in [0.25, 0.3) is 0 Å². The first-order chi connectivity index (χ1) is 33.4. The van der Waals surface area contributed by atoms with E-state index >= 15 is 0 Å². The number of carbonyl (C=O) groups excluding carboxylic acids is 2. The number of quaternary nitrogens is 1. The monoisotopic (exact) mass is 997 g/mol. The molecular formula is C59H117N2O7P. The Kier molecular flexibility index (Phi) is 49.4. The maximum Gasteiger partial charge on any atom is 0.306 e. The van der Waals surface area contributed by atoms with Gasteiger partial charge < -0.3 is 28.5 Å². The summed E-state index contributed by atoms with van der Waals surface area (Å²) in [6.45, 7) is 6.88. The Bertz CT molecular complexity index is 1190. The summed E-state index contributed by atoms with van der Waals surface area (Å²) in [6, 6.07) is -0.878. The summed E-state index contributed by atoms with van der Waals surface area (Å²) in [7, 11) is 1.20. The number of phosphoric ester groups is 1. The first kappa shape index (κ1) is 67.8. The molecule has 0 aliphatic rings. The third-order valence-corrected chi connectivity index (χ3v) is 14.7. The van der Waals surface area contributed by atoms with Crippen LogP contribution in [-0.4, -0.2) is 69.4 Å². The molecule has 0 aliphatic carbocycles. The van der Waals surface area contributed by atoms with Gasteiger partial charge in [-0.2, -0.15) is 0 Å². The lowest BCUT2D eigenvalue weighted by atomic mass is 10.0. The summed E-state index contributed by atoms with van der Waals surface area (Å²) in [5.41, 5.74) is 0. The van der Waals surface area contributed by atoms with Gasteiger partial charge in [0.05, 0.1) is 33.8 Å². The first-order valence-corrected chi connectivity index (χ1v) is 31.5. The highest BCUT2D eigenvalue weighted by atomic mass is 31.2. The van der Waals surface area contributed by atoms with Gasteiger partial charge in [0.2, 0.25) is 5.91 Å². The van der Waals surface area contributed by atoms with Crippen molar-refractivity contribution < 1.29 is 37.3 Å². The summed E-state index contributed by atoms with van der Waals surface area (Å²) < 4.78 is 30.3. The number of rotatable bonds is 55. The Labute approximate surface area is 429 Å². The van der Waals surface area contributed by atoms with Gasteiger partial charge in [0, 0.05) is 12.8 Å². The second-order valence-electron chi connectivity index (χ2n) is 21.9. The highest BCUT2D eigenvalue weighted by Gasteiger charge is 2.27. The second-order valence-corrected chi connectivity index (χ2v) is 23.3. The SMILES string of the molecule is CCCCCCCCCCCC/C=C/C(OC(=O)CCCCCCCCCCCCCCCCCCC)C(COP(=O)([O-])OCC[N+](C)(C)C)NC(=O)CCCCCCCCCCCCCCCC. The predicted molar refractivity (Wildman–Crippen MR) is 294 cm³/mol. The first-order valence-electron chi connectivity index (χ1n) is 30.0. The minimum Gasteiger partial charge on any atom is -0.756 e. The zero-order valence-electron chi connectivity index (χ0n) is 46.8. The fraction of sp³-hybridized carbons (Fsp3) is 0.932. The van der Waals surface area contributed by atoms with Crippen molar-refractivity contribution in [2.24, 2.45) is 0 Å².